The molecule has 1 heterocycles. The minimum atomic E-state index is 0.433. The summed E-state index contributed by atoms with van der Waals surface area (Å²) in [6, 6.07) is 0.433. The SMILES string of the molecule is CNC(C)c1cnc(C2CC2(C)C)s1. The highest BCUT2D eigenvalue weighted by Crippen LogP contribution is 2.59. The summed E-state index contributed by atoms with van der Waals surface area (Å²) < 4.78 is 0. The molecule has 0 aromatic carbocycles. The first-order valence-corrected chi connectivity index (χ1v) is 5.99. The lowest BCUT2D eigenvalue weighted by atomic mass is 10.1. The Morgan fingerprint density at radius 1 is 1.64 bits per heavy atom. The maximum atomic E-state index is 4.52. The van der Waals surface area contributed by atoms with Crippen LogP contribution in [0.25, 0.3) is 0 Å². The minimum Gasteiger partial charge on any atom is -0.312 e. The molecule has 0 saturated heterocycles. The van der Waals surface area contributed by atoms with E-state index in [0.29, 0.717) is 17.4 Å². The summed E-state index contributed by atoms with van der Waals surface area (Å²) in [4.78, 5) is 5.87. The first kappa shape index (κ1) is 10.1. The summed E-state index contributed by atoms with van der Waals surface area (Å²) >= 11 is 1.86. The number of nitrogens with one attached hydrogen (secondary N) is 1. The number of hydrogen-bond donors (Lipinski definition) is 1. The van der Waals surface area contributed by atoms with E-state index in [2.05, 4.69) is 31.1 Å². The Balaban J connectivity index is 2.11. The first-order chi connectivity index (χ1) is 6.54. The molecular weight excluding hydrogens is 192 g/mol. The molecule has 3 heteroatoms. The van der Waals surface area contributed by atoms with E-state index < -0.39 is 0 Å². The molecule has 0 aliphatic heterocycles. The second kappa shape index (κ2) is 3.31. The predicted molar refractivity (Wildman–Crippen MR) is 60.7 cm³/mol. The summed E-state index contributed by atoms with van der Waals surface area (Å²) in [6.07, 6.45) is 3.32. The van der Waals surface area contributed by atoms with Crippen molar-refractivity contribution in [1.29, 1.82) is 0 Å². The summed E-state index contributed by atoms with van der Waals surface area (Å²) in [5.74, 6) is 0.713. The Bertz CT molecular complexity index is 330. The molecule has 0 amide bonds. The second-order valence-electron chi connectivity index (χ2n) is 4.86. The van der Waals surface area contributed by atoms with Gasteiger partial charge in [-0.15, -0.1) is 11.3 Å². The molecule has 14 heavy (non-hydrogen) atoms. The minimum absolute atomic E-state index is 0.433. The molecule has 2 rings (SSSR count). The largest absolute Gasteiger partial charge is 0.312 e. The molecule has 2 atom stereocenters. The normalized spacial score (nSPS) is 26.1. The van der Waals surface area contributed by atoms with E-state index in [0.717, 1.165) is 0 Å². The van der Waals surface area contributed by atoms with Crippen molar-refractivity contribution in [2.45, 2.75) is 39.2 Å². The average Bonchev–Trinajstić information content (AvgIpc) is 2.64. The zero-order chi connectivity index (χ0) is 10.3. The van der Waals surface area contributed by atoms with Crippen molar-refractivity contribution in [3.8, 4) is 0 Å². The van der Waals surface area contributed by atoms with Crippen molar-refractivity contribution >= 4 is 11.3 Å². The highest BCUT2D eigenvalue weighted by Gasteiger charge is 2.48. The van der Waals surface area contributed by atoms with Crippen LogP contribution >= 0.6 is 11.3 Å². The lowest BCUT2D eigenvalue weighted by Crippen LogP contribution is -2.10. The van der Waals surface area contributed by atoms with Crippen molar-refractivity contribution in [1.82, 2.24) is 10.3 Å². The Hall–Kier alpha value is -0.410. The summed E-state index contributed by atoms with van der Waals surface area (Å²) in [5.41, 5.74) is 0.498. The molecule has 2 nitrogen and oxygen atoms in total. The van der Waals surface area contributed by atoms with Crippen LogP contribution in [-0.2, 0) is 0 Å². The van der Waals surface area contributed by atoms with E-state index in [-0.39, 0.29) is 0 Å². The van der Waals surface area contributed by atoms with Crippen molar-refractivity contribution in [2.75, 3.05) is 7.05 Å². The Labute approximate surface area is 89.8 Å². The van der Waals surface area contributed by atoms with E-state index in [4.69, 9.17) is 0 Å². The third-order valence-corrected chi connectivity index (χ3v) is 4.51. The third kappa shape index (κ3) is 1.71. The average molecular weight is 210 g/mol. The number of nitrogens with zero attached hydrogens (tertiary/aromatic N) is 1. The van der Waals surface area contributed by atoms with Gasteiger partial charge in [0.2, 0.25) is 0 Å². The number of thiazole rings is 1. The zero-order valence-electron chi connectivity index (χ0n) is 9.29. The van der Waals surface area contributed by atoms with Gasteiger partial charge in [0.1, 0.15) is 0 Å². The molecule has 2 unspecified atom stereocenters. The van der Waals surface area contributed by atoms with E-state index in [9.17, 15) is 0 Å². The number of hydrogen-bond acceptors (Lipinski definition) is 3. The fourth-order valence-electron chi connectivity index (χ4n) is 1.69. The second-order valence-corrected chi connectivity index (χ2v) is 5.95. The quantitative estimate of drug-likeness (QED) is 0.829. The number of rotatable bonds is 3. The van der Waals surface area contributed by atoms with Crippen molar-refractivity contribution in [2.24, 2.45) is 5.41 Å². The molecule has 1 fully saturated rings. The van der Waals surface area contributed by atoms with Crippen LogP contribution in [0.1, 0.15) is 49.0 Å². The van der Waals surface area contributed by atoms with E-state index in [1.807, 2.05) is 24.6 Å². The highest BCUT2D eigenvalue weighted by molar-refractivity contribution is 7.11. The van der Waals surface area contributed by atoms with Gasteiger partial charge in [0.15, 0.2) is 0 Å². The summed E-state index contributed by atoms with van der Waals surface area (Å²) in [6.45, 7) is 6.82. The topological polar surface area (TPSA) is 24.9 Å². The smallest absolute Gasteiger partial charge is 0.0964 e. The van der Waals surface area contributed by atoms with Crippen LogP contribution < -0.4 is 5.32 Å². The lowest BCUT2D eigenvalue weighted by molar-refractivity contribution is 0.620. The van der Waals surface area contributed by atoms with E-state index >= 15 is 0 Å². The van der Waals surface area contributed by atoms with Crippen LogP contribution in [0, 0.1) is 5.41 Å². The van der Waals surface area contributed by atoms with E-state index in [1.54, 1.807) is 0 Å². The van der Waals surface area contributed by atoms with Gasteiger partial charge in [-0.3, -0.25) is 0 Å². The zero-order valence-corrected chi connectivity index (χ0v) is 10.1. The Morgan fingerprint density at radius 2 is 2.29 bits per heavy atom. The molecule has 1 aromatic rings. The first-order valence-electron chi connectivity index (χ1n) is 5.17. The Morgan fingerprint density at radius 3 is 2.79 bits per heavy atom. The molecular formula is C11H18N2S. The molecule has 0 spiro atoms. The highest BCUT2D eigenvalue weighted by atomic mass is 32.1. The van der Waals surface area contributed by atoms with Gasteiger partial charge in [-0.1, -0.05) is 13.8 Å². The maximum absolute atomic E-state index is 4.52. The van der Waals surface area contributed by atoms with Crippen LogP contribution in [0.3, 0.4) is 0 Å². The monoisotopic (exact) mass is 210 g/mol. The van der Waals surface area contributed by atoms with Crippen LogP contribution in [-0.4, -0.2) is 12.0 Å². The molecule has 1 saturated carbocycles. The maximum Gasteiger partial charge on any atom is 0.0964 e. The van der Waals surface area contributed by atoms with Gasteiger partial charge in [0.25, 0.3) is 0 Å². The van der Waals surface area contributed by atoms with Crippen molar-refractivity contribution < 1.29 is 0 Å². The Kier molecular flexibility index (Phi) is 2.40. The van der Waals surface area contributed by atoms with Crippen molar-refractivity contribution in [3.63, 3.8) is 0 Å². The van der Waals surface area contributed by atoms with Crippen molar-refractivity contribution in [3.05, 3.63) is 16.1 Å². The lowest BCUT2D eigenvalue weighted by Gasteiger charge is -2.04. The third-order valence-electron chi connectivity index (χ3n) is 3.21. The molecule has 1 aromatic heterocycles. The molecule has 0 bridgehead atoms. The summed E-state index contributed by atoms with van der Waals surface area (Å²) in [7, 11) is 1.99. The molecule has 1 N–H and O–H groups in total. The van der Waals surface area contributed by atoms with Crippen LogP contribution in [0.5, 0.6) is 0 Å². The van der Waals surface area contributed by atoms with Crippen LogP contribution in [0.2, 0.25) is 0 Å². The molecule has 78 valence electrons. The van der Waals surface area contributed by atoms with Gasteiger partial charge in [-0.2, -0.15) is 0 Å². The number of aromatic nitrogens is 1. The predicted octanol–water partition coefficient (Wildman–Crippen LogP) is 2.94. The fraction of sp³-hybridized carbons (Fsp3) is 0.727. The fourth-order valence-corrected chi connectivity index (χ4v) is 2.98. The van der Waals surface area contributed by atoms with Gasteiger partial charge in [0.05, 0.1) is 5.01 Å². The van der Waals surface area contributed by atoms with Gasteiger partial charge in [-0.25, -0.2) is 4.98 Å². The molecule has 1 aliphatic rings. The van der Waals surface area contributed by atoms with E-state index in [1.165, 1.54) is 16.3 Å². The molecule has 0 radical (unpaired) electrons. The standard InChI is InChI=1S/C11H18N2S/c1-7(12-4)9-6-13-10(14-9)8-5-11(8,2)3/h6-8,12H,5H2,1-4H3. The van der Waals surface area contributed by atoms with Crippen LogP contribution in [0.15, 0.2) is 6.20 Å². The molecule has 1 aliphatic carbocycles. The van der Waals surface area contributed by atoms with Gasteiger partial charge < -0.3 is 5.32 Å². The van der Waals surface area contributed by atoms with Gasteiger partial charge >= 0.3 is 0 Å². The van der Waals surface area contributed by atoms with Crippen LogP contribution in [0.4, 0.5) is 0 Å². The van der Waals surface area contributed by atoms with Gasteiger partial charge in [-0.05, 0) is 25.8 Å². The summed E-state index contributed by atoms with van der Waals surface area (Å²) in [5, 5.41) is 4.57. The van der Waals surface area contributed by atoms with Gasteiger partial charge in [0, 0.05) is 23.0 Å².